The number of hydrogen-bond acceptors (Lipinski definition) is 4. The van der Waals surface area contributed by atoms with E-state index in [2.05, 4.69) is 10.3 Å². The van der Waals surface area contributed by atoms with E-state index in [1.54, 1.807) is 42.6 Å². The molecule has 4 aromatic rings. The third-order valence-electron chi connectivity index (χ3n) is 4.46. The third-order valence-corrected chi connectivity index (χ3v) is 4.46. The van der Waals surface area contributed by atoms with Gasteiger partial charge in [-0.05, 0) is 41.0 Å². The summed E-state index contributed by atoms with van der Waals surface area (Å²) in [5.74, 6) is -0.386. The highest BCUT2D eigenvalue weighted by Gasteiger charge is 2.11. The number of amides is 1. The summed E-state index contributed by atoms with van der Waals surface area (Å²) in [6, 6.07) is 19.8. The van der Waals surface area contributed by atoms with Crippen LogP contribution in [-0.4, -0.2) is 20.4 Å². The van der Waals surface area contributed by atoms with Gasteiger partial charge in [-0.25, -0.2) is 4.98 Å². The van der Waals surface area contributed by atoms with Gasteiger partial charge in [-0.15, -0.1) is 0 Å². The van der Waals surface area contributed by atoms with Crippen molar-refractivity contribution in [3.05, 3.63) is 101 Å². The Morgan fingerprint density at radius 2 is 1.82 bits per heavy atom. The molecule has 6 nitrogen and oxygen atoms in total. The molecule has 6 heteroatoms. The van der Waals surface area contributed by atoms with E-state index >= 15 is 0 Å². The van der Waals surface area contributed by atoms with E-state index in [9.17, 15) is 9.59 Å². The number of fused-ring (bicyclic) bond motifs is 1. The van der Waals surface area contributed by atoms with Crippen molar-refractivity contribution in [3.8, 4) is 11.1 Å². The van der Waals surface area contributed by atoms with Crippen LogP contribution >= 0.6 is 0 Å². The maximum absolute atomic E-state index is 12.7. The minimum absolute atomic E-state index is 0.0158. The lowest BCUT2D eigenvalue weighted by Gasteiger charge is -2.08. The van der Waals surface area contributed by atoms with Gasteiger partial charge in [-0.1, -0.05) is 42.5 Å². The van der Waals surface area contributed by atoms with Crippen LogP contribution in [0.2, 0.25) is 0 Å². The molecule has 2 aromatic heterocycles. The summed E-state index contributed by atoms with van der Waals surface area (Å²) < 4.78 is 1.38. The Bertz CT molecular complexity index is 1210. The molecule has 0 saturated heterocycles. The molecule has 0 bridgehead atoms. The predicted molar refractivity (Wildman–Crippen MR) is 107 cm³/mol. The number of nitrogens with zero attached hydrogens (tertiary/aromatic N) is 2. The summed E-state index contributed by atoms with van der Waals surface area (Å²) in [6.07, 6.45) is 2.98. The maximum atomic E-state index is 12.7. The molecule has 2 N–H and O–H groups in total. The number of anilines is 1. The number of benzene rings is 2. The van der Waals surface area contributed by atoms with Crippen molar-refractivity contribution in [2.75, 3.05) is 5.32 Å². The van der Waals surface area contributed by atoms with Gasteiger partial charge in [0.2, 0.25) is 0 Å². The molecule has 0 aliphatic rings. The average molecular weight is 371 g/mol. The first-order valence-electron chi connectivity index (χ1n) is 8.74. The second kappa shape index (κ2) is 7.46. The molecule has 2 aromatic carbocycles. The van der Waals surface area contributed by atoms with Crippen molar-refractivity contribution in [1.29, 1.82) is 0 Å². The number of pyridine rings is 1. The summed E-state index contributed by atoms with van der Waals surface area (Å²) in [5.41, 5.74) is 3.34. The monoisotopic (exact) mass is 371 g/mol. The van der Waals surface area contributed by atoms with Crippen molar-refractivity contribution < 1.29 is 9.90 Å². The molecule has 4 rings (SSSR count). The first kappa shape index (κ1) is 17.6. The normalized spacial score (nSPS) is 10.8. The zero-order valence-electron chi connectivity index (χ0n) is 14.9. The molecular weight excluding hydrogens is 354 g/mol. The second-order valence-corrected chi connectivity index (χ2v) is 6.30. The number of nitrogens with one attached hydrogen (secondary N) is 1. The van der Waals surface area contributed by atoms with Crippen LogP contribution in [0, 0.1) is 0 Å². The van der Waals surface area contributed by atoms with Crippen LogP contribution in [0.25, 0.3) is 16.8 Å². The summed E-state index contributed by atoms with van der Waals surface area (Å²) in [4.78, 5) is 29.4. The van der Waals surface area contributed by atoms with Gasteiger partial charge in [0.1, 0.15) is 11.3 Å². The average Bonchev–Trinajstić information content (AvgIpc) is 2.76. The first-order chi connectivity index (χ1) is 13.7. The van der Waals surface area contributed by atoms with Crippen molar-refractivity contribution in [2.45, 2.75) is 6.61 Å². The SMILES string of the molecule is O=C(Nc1cnc2ccccn2c1=O)c1cccc(-c2ccc(CO)cc2)c1. The quantitative estimate of drug-likeness (QED) is 0.577. The Labute approximate surface area is 160 Å². The third kappa shape index (κ3) is 3.41. The summed E-state index contributed by atoms with van der Waals surface area (Å²) in [5, 5.41) is 11.8. The number of aliphatic hydroxyl groups excluding tert-OH is 1. The zero-order chi connectivity index (χ0) is 19.5. The fraction of sp³-hybridized carbons (Fsp3) is 0.0455. The van der Waals surface area contributed by atoms with Crippen LogP contribution in [0.1, 0.15) is 15.9 Å². The van der Waals surface area contributed by atoms with Crippen molar-refractivity contribution >= 4 is 17.2 Å². The Kier molecular flexibility index (Phi) is 4.70. The first-order valence-corrected chi connectivity index (χ1v) is 8.74. The van der Waals surface area contributed by atoms with Gasteiger partial charge in [0.25, 0.3) is 11.5 Å². The molecule has 138 valence electrons. The lowest BCUT2D eigenvalue weighted by atomic mass is 10.0. The molecule has 0 saturated carbocycles. The largest absolute Gasteiger partial charge is 0.392 e. The fourth-order valence-electron chi connectivity index (χ4n) is 2.95. The topological polar surface area (TPSA) is 83.7 Å². The van der Waals surface area contributed by atoms with E-state index in [0.717, 1.165) is 16.7 Å². The van der Waals surface area contributed by atoms with E-state index in [1.165, 1.54) is 10.6 Å². The molecule has 0 aliphatic heterocycles. The maximum Gasteiger partial charge on any atom is 0.281 e. The minimum Gasteiger partial charge on any atom is -0.392 e. The van der Waals surface area contributed by atoms with Gasteiger partial charge < -0.3 is 10.4 Å². The Morgan fingerprint density at radius 3 is 2.61 bits per heavy atom. The lowest BCUT2D eigenvalue weighted by Crippen LogP contribution is -2.23. The smallest absolute Gasteiger partial charge is 0.281 e. The Hall–Kier alpha value is -3.77. The number of aromatic nitrogens is 2. The van der Waals surface area contributed by atoms with Gasteiger partial charge >= 0.3 is 0 Å². The Morgan fingerprint density at radius 1 is 1.00 bits per heavy atom. The lowest BCUT2D eigenvalue weighted by molar-refractivity contribution is 0.102. The second-order valence-electron chi connectivity index (χ2n) is 6.30. The van der Waals surface area contributed by atoms with Crippen LogP contribution in [0.3, 0.4) is 0 Å². The number of hydrogen-bond donors (Lipinski definition) is 2. The Balaban J connectivity index is 1.62. The molecule has 0 spiro atoms. The van der Waals surface area contributed by atoms with Crippen molar-refractivity contribution in [1.82, 2.24) is 9.38 Å². The van der Waals surface area contributed by atoms with Gasteiger partial charge in [-0.2, -0.15) is 0 Å². The van der Waals surface area contributed by atoms with Crippen LogP contribution in [0.5, 0.6) is 0 Å². The molecule has 2 heterocycles. The number of aliphatic hydroxyl groups is 1. The van der Waals surface area contributed by atoms with Crippen molar-refractivity contribution in [3.63, 3.8) is 0 Å². The van der Waals surface area contributed by atoms with Crippen LogP contribution in [0.4, 0.5) is 5.69 Å². The molecule has 1 amide bonds. The highest BCUT2D eigenvalue weighted by atomic mass is 16.3. The molecular formula is C22H17N3O3. The van der Waals surface area contributed by atoms with Crippen LogP contribution in [0.15, 0.2) is 83.9 Å². The van der Waals surface area contributed by atoms with Gasteiger partial charge in [0, 0.05) is 11.8 Å². The summed E-state index contributed by atoms with van der Waals surface area (Å²) >= 11 is 0. The predicted octanol–water partition coefficient (Wildman–Crippen LogP) is 3.11. The van der Waals surface area contributed by atoms with E-state index < -0.39 is 0 Å². The summed E-state index contributed by atoms with van der Waals surface area (Å²) in [6.45, 7) is -0.0158. The zero-order valence-corrected chi connectivity index (χ0v) is 14.9. The number of carbonyl (C=O) groups is 1. The molecule has 28 heavy (non-hydrogen) atoms. The van der Waals surface area contributed by atoms with E-state index in [4.69, 9.17) is 5.11 Å². The van der Waals surface area contributed by atoms with E-state index in [0.29, 0.717) is 11.2 Å². The molecule has 0 fully saturated rings. The van der Waals surface area contributed by atoms with Gasteiger partial charge in [0.15, 0.2) is 0 Å². The summed E-state index contributed by atoms with van der Waals surface area (Å²) in [7, 11) is 0. The van der Waals surface area contributed by atoms with E-state index in [-0.39, 0.29) is 23.8 Å². The highest BCUT2D eigenvalue weighted by Crippen LogP contribution is 2.21. The fourth-order valence-corrected chi connectivity index (χ4v) is 2.95. The van der Waals surface area contributed by atoms with Gasteiger partial charge in [0.05, 0.1) is 12.8 Å². The van der Waals surface area contributed by atoms with Gasteiger partial charge in [-0.3, -0.25) is 14.0 Å². The highest BCUT2D eigenvalue weighted by molar-refractivity contribution is 6.04. The van der Waals surface area contributed by atoms with E-state index in [1.807, 2.05) is 30.3 Å². The number of rotatable bonds is 4. The minimum atomic E-state index is -0.386. The van der Waals surface area contributed by atoms with Crippen LogP contribution < -0.4 is 10.9 Å². The standard InChI is InChI=1S/C22H17N3O3/c26-14-15-7-9-16(10-8-15)17-4-3-5-18(12-17)21(27)24-19-13-23-20-6-1-2-11-25(20)22(19)28/h1-13,26H,14H2,(H,24,27). The molecule has 0 radical (unpaired) electrons. The number of carbonyl (C=O) groups excluding carboxylic acids is 1. The molecule has 0 unspecified atom stereocenters. The van der Waals surface area contributed by atoms with Crippen LogP contribution in [-0.2, 0) is 6.61 Å². The molecule has 0 atom stereocenters. The molecule has 0 aliphatic carbocycles. The van der Waals surface area contributed by atoms with Crippen molar-refractivity contribution in [2.24, 2.45) is 0 Å².